The smallest absolute Gasteiger partial charge is 0.233 e. The van der Waals surface area contributed by atoms with Crippen LogP contribution in [0, 0.1) is 0 Å². The zero-order valence-electron chi connectivity index (χ0n) is 20.7. The standard InChI is InChI=1S/C26H31N7O2S/c1-18-15-20(10-13-27-18)19-6-8-23(9-7-19)30-26-29-16-21-11-14-33(25(21)31-26)17-22-5-4-12-28-24(22)32(2)36(3,34)35/h4-9,11-12,14,16,18,20,27H,10,13,15,17H2,1-3H3,(H,29,30,31)/t18-,20?/m0/s1. The van der Waals surface area contributed by atoms with Gasteiger partial charge in [-0.25, -0.2) is 18.4 Å². The van der Waals surface area contributed by atoms with Crippen LogP contribution in [0.15, 0.2) is 61.1 Å². The maximum Gasteiger partial charge on any atom is 0.233 e. The Labute approximate surface area is 211 Å². The minimum absolute atomic E-state index is 0.400. The van der Waals surface area contributed by atoms with Crippen molar-refractivity contribution in [1.29, 1.82) is 0 Å². The quantitative estimate of drug-likeness (QED) is 0.393. The van der Waals surface area contributed by atoms with Gasteiger partial charge in [0.05, 0.1) is 12.8 Å². The first-order valence-corrected chi connectivity index (χ1v) is 13.9. The molecule has 1 saturated heterocycles. The molecule has 1 fully saturated rings. The van der Waals surface area contributed by atoms with E-state index in [9.17, 15) is 8.42 Å². The molecule has 10 heteroatoms. The van der Waals surface area contributed by atoms with E-state index in [2.05, 4.69) is 51.8 Å². The molecule has 0 radical (unpaired) electrons. The second-order valence-electron chi connectivity index (χ2n) is 9.46. The van der Waals surface area contributed by atoms with Crippen LogP contribution in [0.25, 0.3) is 11.0 Å². The molecule has 188 valence electrons. The maximum absolute atomic E-state index is 12.1. The number of pyridine rings is 1. The Hall–Kier alpha value is -3.50. The van der Waals surface area contributed by atoms with E-state index in [1.807, 2.05) is 22.9 Å². The third-order valence-corrected chi connectivity index (χ3v) is 7.94. The predicted octanol–water partition coefficient (Wildman–Crippen LogP) is 3.87. The first-order chi connectivity index (χ1) is 17.3. The van der Waals surface area contributed by atoms with Crippen molar-refractivity contribution in [3.63, 3.8) is 0 Å². The number of aromatic nitrogens is 4. The van der Waals surface area contributed by atoms with Gasteiger partial charge in [0, 0.05) is 48.3 Å². The molecular formula is C26H31N7O2S. The summed E-state index contributed by atoms with van der Waals surface area (Å²) in [6.07, 6.45) is 8.79. The number of anilines is 3. The fourth-order valence-corrected chi connectivity index (χ4v) is 5.22. The van der Waals surface area contributed by atoms with E-state index in [1.54, 1.807) is 18.5 Å². The van der Waals surface area contributed by atoms with Crippen LogP contribution in [0.1, 0.15) is 36.8 Å². The highest BCUT2D eigenvalue weighted by atomic mass is 32.2. The van der Waals surface area contributed by atoms with E-state index >= 15 is 0 Å². The summed E-state index contributed by atoms with van der Waals surface area (Å²) in [4.78, 5) is 13.5. The van der Waals surface area contributed by atoms with Crippen molar-refractivity contribution in [2.45, 2.75) is 38.3 Å². The number of fused-ring (bicyclic) bond motifs is 1. The SMILES string of the molecule is C[C@H]1CC(c2ccc(Nc3ncc4ccn(Cc5cccnc5N(C)S(C)(=O)=O)c4n3)cc2)CCN1. The fourth-order valence-electron chi connectivity index (χ4n) is 4.74. The van der Waals surface area contributed by atoms with Gasteiger partial charge in [0.2, 0.25) is 16.0 Å². The van der Waals surface area contributed by atoms with E-state index < -0.39 is 10.0 Å². The summed E-state index contributed by atoms with van der Waals surface area (Å²) < 4.78 is 27.4. The fraction of sp³-hybridized carbons (Fsp3) is 0.346. The van der Waals surface area contributed by atoms with Gasteiger partial charge in [-0.1, -0.05) is 18.2 Å². The highest BCUT2D eigenvalue weighted by molar-refractivity contribution is 7.92. The van der Waals surface area contributed by atoms with Crippen molar-refractivity contribution < 1.29 is 8.42 Å². The van der Waals surface area contributed by atoms with Crippen LogP contribution >= 0.6 is 0 Å². The topological polar surface area (TPSA) is 105 Å². The van der Waals surface area contributed by atoms with Crippen molar-refractivity contribution >= 4 is 38.5 Å². The molecule has 3 aromatic heterocycles. The molecule has 0 amide bonds. The van der Waals surface area contributed by atoms with Gasteiger partial charge in [0.15, 0.2) is 0 Å². The van der Waals surface area contributed by atoms with E-state index in [4.69, 9.17) is 4.98 Å². The molecule has 2 N–H and O–H groups in total. The lowest BCUT2D eigenvalue weighted by Crippen LogP contribution is -2.34. The molecule has 4 aromatic rings. The minimum atomic E-state index is -3.43. The Balaban J connectivity index is 1.36. The summed E-state index contributed by atoms with van der Waals surface area (Å²) in [6.45, 7) is 3.72. The highest BCUT2D eigenvalue weighted by Gasteiger charge is 2.20. The van der Waals surface area contributed by atoms with Crippen molar-refractivity contribution in [2.75, 3.05) is 29.5 Å². The summed E-state index contributed by atoms with van der Waals surface area (Å²) in [5, 5.41) is 7.73. The van der Waals surface area contributed by atoms with E-state index in [0.29, 0.717) is 30.3 Å². The van der Waals surface area contributed by atoms with E-state index in [-0.39, 0.29) is 0 Å². The monoisotopic (exact) mass is 505 g/mol. The Morgan fingerprint density at radius 1 is 1.17 bits per heavy atom. The van der Waals surface area contributed by atoms with Crippen LogP contribution < -0.4 is 14.9 Å². The van der Waals surface area contributed by atoms with Crippen molar-refractivity contribution in [2.24, 2.45) is 0 Å². The number of piperidine rings is 1. The number of hydrogen-bond donors (Lipinski definition) is 2. The number of nitrogens with zero attached hydrogens (tertiary/aromatic N) is 5. The van der Waals surface area contributed by atoms with E-state index in [1.165, 1.54) is 23.2 Å². The van der Waals surface area contributed by atoms with Crippen molar-refractivity contribution in [3.05, 3.63) is 72.2 Å². The first-order valence-electron chi connectivity index (χ1n) is 12.1. The normalized spacial score (nSPS) is 18.3. The van der Waals surface area contributed by atoms with Crippen LogP contribution in [0.4, 0.5) is 17.5 Å². The number of hydrogen-bond acceptors (Lipinski definition) is 7. The minimum Gasteiger partial charge on any atom is -0.328 e. The third-order valence-electron chi connectivity index (χ3n) is 6.77. The summed E-state index contributed by atoms with van der Waals surface area (Å²) in [5.41, 5.74) is 3.83. The maximum atomic E-state index is 12.1. The molecule has 0 saturated carbocycles. The molecule has 1 aliphatic heterocycles. The predicted molar refractivity (Wildman–Crippen MR) is 143 cm³/mol. The zero-order valence-corrected chi connectivity index (χ0v) is 21.5. The third kappa shape index (κ3) is 5.19. The molecule has 9 nitrogen and oxygen atoms in total. The van der Waals surface area contributed by atoms with Crippen LogP contribution in [0.2, 0.25) is 0 Å². The lowest BCUT2D eigenvalue weighted by Gasteiger charge is -2.28. The van der Waals surface area contributed by atoms with Gasteiger partial charge < -0.3 is 15.2 Å². The van der Waals surface area contributed by atoms with Gasteiger partial charge in [0.25, 0.3) is 0 Å². The molecule has 0 bridgehead atoms. The average Bonchev–Trinajstić information content (AvgIpc) is 3.26. The van der Waals surface area contributed by atoms with Gasteiger partial charge >= 0.3 is 0 Å². The largest absolute Gasteiger partial charge is 0.328 e. The van der Waals surface area contributed by atoms with E-state index in [0.717, 1.165) is 41.7 Å². The van der Waals surface area contributed by atoms with Crippen LogP contribution in [0.3, 0.4) is 0 Å². The van der Waals surface area contributed by atoms with Gasteiger partial charge in [-0.15, -0.1) is 0 Å². The molecule has 36 heavy (non-hydrogen) atoms. The number of sulfonamides is 1. The number of benzene rings is 1. The number of nitrogens with one attached hydrogen (secondary N) is 2. The molecule has 1 aromatic carbocycles. The van der Waals surface area contributed by atoms with Crippen LogP contribution in [-0.4, -0.2) is 53.8 Å². The first kappa shape index (κ1) is 24.2. The average molecular weight is 506 g/mol. The molecule has 0 aliphatic carbocycles. The molecule has 5 rings (SSSR count). The molecule has 0 spiro atoms. The van der Waals surface area contributed by atoms with Gasteiger partial charge in [-0.2, -0.15) is 4.98 Å². The summed E-state index contributed by atoms with van der Waals surface area (Å²) in [7, 11) is -1.92. The summed E-state index contributed by atoms with van der Waals surface area (Å²) in [6, 6.07) is 14.7. The lowest BCUT2D eigenvalue weighted by atomic mass is 9.87. The van der Waals surface area contributed by atoms with Gasteiger partial charge in [-0.05, 0) is 62.1 Å². The Morgan fingerprint density at radius 3 is 2.72 bits per heavy atom. The lowest BCUT2D eigenvalue weighted by molar-refractivity contribution is 0.381. The van der Waals surface area contributed by atoms with Crippen LogP contribution in [0.5, 0.6) is 0 Å². The Kier molecular flexibility index (Phi) is 6.63. The molecular weight excluding hydrogens is 474 g/mol. The van der Waals surface area contributed by atoms with Gasteiger partial charge in [0.1, 0.15) is 11.5 Å². The molecule has 1 aliphatic rings. The molecule has 4 heterocycles. The second-order valence-corrected chi connectivity index (χ2v) is 11.5. The second kappa shape index (κ2) is 9.87. The van der Waals surface area contributed by atoms with Crippen molar-refractivity contribution in [1.82, 2.24) is 24.8 Å². The molecule has 1 unspecified atom stereocenters. The van der Waals surface area contributed by atoms with Gasteiger partial charge in [-0.3, -0.25) is 4.31 Å². The Bertz CT molecular complexity index is 1470. The summed E-state index contributed by atoms with van der Waals surface area (Å²) >= 11 is 0. The zero-order chi connectivity index (χ0) is 25.3. The molecule has 2 atom stereocenters. The van der Waals surface area contributed by atoms with Crippen LogP contribution in [-0.2, 0) is 16.6 Å². The highest BCUT2D eigenvalue weighted by Crippen LogP contribution is 2.29. The Morgan fingerprint density at radius 2 is 1.97 bits per heavy atom. The number of rotatable bonds is 7. The van der Waals surface area contributed by atoms with Crippen molar-refractivity contribution in [3.8, 4) is 0 Å². The summed E-state index contributed by atoms with van der Waals surface area (Å²) in [5.74, 6) is 1.49.